The summed E-state index contributed by atoms with van der Waals surface area (Å²) >= 11 is 0. The second-order valence-corrected chi connectivity index (χ2v) is 12.6. The Morgan fingerprint density at radius 2 is 1.24 bits per heavy atom. The number of aliphatic hydroxyl groups excluding tert-OH is 1. The van der Waals surface area contributed by atoms with Crippen molar-refractivity contribution >= 4 is 12.2 Å². The van der Waals surface area contributed by atoms with Crippen LogP contribution in [-0.4, -0.2) is 47.7 Å². The number of alkyl carbamates (subject to hydrolysis) is 2. The molecule has 1 aliphatic carbocycles. The Hall–Kier alpha value is -4.62. The lowest BCUT2D eigenvalue weighted by molar-refractivity contribution is -0.00680. The lowest BCUT2D eigenvalue weighted by Gasteiger charge is -2.29. The molecule has 0 aromatic heterocycles. The zero-order chi connectivity index (χ0) is 31.8. The summed E-state index contributed by atoms with van der Waals surface area (Å²) in [6, 6.07) is 35.4. The molecule has 0 unspecified atom stereocenters. The van der Waals surface area contributed by atoms with E-state index < -0.39 is 36.0 Å². The summed E-state index contributed by atoms with van der Waals surface area (Å²) in [7, 11) is 0. The molecular weight excluding hydrogens is 564 g/mol. The van der Waals surface area contributed by atoms with Gasteiger partial charge in [-0.15, -0.1) is 0 Å². The molecular formula is C38H42N2O5. The van der Waals surface area contributed by atoms with Crippen molar-refractivity contribution in [3.8, 4) is 11.1 Å². The first-order valence-electron chi connectivity index (χ1n) is 15.5. The van der Waals surface area contributed by atoms with Gasteiger partial charge in [-0.3, -0.25) is 0 Å². The molecule has 2 amide bonds. The third-order valence-corrected chi connectivity index (χ3v) is 7.95. The Kier molecular flexibility index (Phi) is 10.2. The molecule has 4 aromatic rings. The van der Waals surface area contributed by atoms with E-state index in [0.717, 1.165) is 22.3 Å². The molecule has 0 radical (unpaired) electrons. The summed E-state index contributed by atoms with van der Waals surface area (Å²) in [5, 5.41) is 17.5. The number of hydrogen-bond donors (Lipinski definition) is 3. The van der Waals surface area contributed by atoms with Crippen molar-refractivity contribution in [3.05, 3.63) is 131 Å². The highest BCUT2D eigenvalue weighted by molar-refractivity contribution is 5.79. The minimum atomic E-state index is -1.06. The Bertz CT molecular complexity index is 1520. The van der Waals surface area contributed by atoms with Crippen LogP contribution in [0.5, 0.6) is 0 Å². The van der Waals surface area contributed by atoms with Crippen LogP contribution < -0.4 is 10.6 Å². The van der Waals surface area contributed by atoms with Gasteiger partial charge in [0.25, 0.3) is 0 Å². The zero-order valence-electron chi connectivity index (χ0n) is 26.1. The molecule has 3 atom stereocenters. The van der Waals surface area contributed by atoms with Gasteiger partial charge in [0.15, 0.2) is 0 Å². The van der Waals surface area contributed by atoms with Gasteiger partial charge in [0.05, 0.1) is 6.10 Å². The molecule has 5 rings (SSSR count). The number of fused-ring (bicyclic) bond motifs is 3. The van der Waals surface area contributed by atoms with Gasteiger partial charge in [0, 0.05) is 24.9 Å². The molecule has 7 heteroatoms. The monoisotopic (exact) mass is 606 g/mol. The molecule has 7 nitrogen and oxygen atoms in total. The Labute approximate surface area is 265 Å². The first kappa shape index (κ1) is 31.8. The quantitative estimate of drug-likeness (QED) is 0.170. The maximum atomic E-state index is 13.3. The number of rotatable bonds is 11. The van der Waals surface area contributed by atoms with Gasteiger partial charge < -0.3 is 25.2 Å². The highest BCUT2D eigenvalue weighted by Crippen LogP contribution is 2.44. The highest BCUT2D eigenvalue weighted by atomic mass is 16.6. The van der Waals surface area contributed by atoms with Crippen LogP contribution >= 0.6 is 0 Å². The SMILES string of the molecule is CC(C)(C)OC(=O)N[C@@H](Cc1ccccc1)C[C@H](O)[C@H](Cc1ccccc1)OC(=O)NCC1c2ccccc2-c2ccccc21. The molecule has 234 valence electrons. The van der Waals surface area contributed by atoms with Crippen molar-refractivity contribution in [1.29, 1.82) is 0 Å². The van der Waals surface area contributed by atoms with E-state index in [1.54, 1.807) is 20.8 Å². The van der Waals surface area contributed by atoms with Crippen LogP contribution in [0.3, 0.4) is 0 Å². The summed E-state index contributed by atoms with van der Waals surface area (Å²) in [5.74, 6) is -0.00396. The van der Waals surface area contributed by atoms with Crippen molar-refractivity contribution in [3.63, 3.8) is 0 Å². The van der Waals surface area contributed by atoms with Gasteiger partial charge in [0.1, 0.15) is 11.7 Å². The molecule has 0 heterocycles. The third-order valence-electron chi connectivity index (χ3n) is 7.95. The molecule has 0 aliphatic heterocycles. The average molecular weight is 607 g/mol. The standard InChI is InChI=1S/C38H42N2O5/c1-38(2,3)45-37(43)40-28(22-26-14-6-4-7-15-26)24-34(41)35(23-27-16-8-5-9-17-27)44-36(42)39-25-33-31-20-12-10-18-29(31)30-19-11-13-21-32(30)33/h4-21,28,33-35,41H,22-25H2,1-3H3,(H,39,42)(H,40,43)/t28-,34-,35-/m0/s1. The summed E-state index contributed by atoms with van der Waals surface area (Å²) in [4.78, 5) is 26.1. The highest BCUT2D eigenvalue weighted by Gasteiger charge is 2.31. The maximum Gasteiger partial charge on any atom is 0.407 e. The first-order valence-corrected chi connectivity index (χ1v) is 15.5. The van der Waals surface area contributed by atoms with Crippen LogP contribution in [0.25, 0.3) is 11.1 Å². The predicted octanol–water partition coefficient (Wildman–Crippen LogP) is 7.02. The second-order valence-electron chi connectivity index (χ2n) is 12.6. The number of aliphatic hydroxyl groups is 1. The van der Waals surface area contributed by atoms with E-state index in [-0.39, 0.29) is 12.3 Å². The van der Waals surface area contributed by atoms with Crippen LogP contribution in [0.1, 0.15) is 55.4 Å². The van der Waals surface area contributed by atoms with Crippen LogP contribution in [0.2, 0.25) is 0 Å². The molecule has 3 N–H and O–H groups in total. The fraction of sp³-hybridized carbons (Fsp3) is 0.316. The van der Waals surface area contributed by atoms with E-state index in [0.29, 0.717) is 19.4 Å². The van der Waals surface area contributed by atoms with Crippen molar-refractivity contribution in [2.45, 2.75) is 69.8 Å². The summed E-state index contributed by atoms with van der Waals surface area (Å²) < 4.78 is 11.5. The first-order chi connectivity index (χ1) is 21.7. The Morgan fingerprint density at radius 1 is 0.733 bits per heavy atom. The minimum Gasteiger partial charge on any atom is -0.444 e. The minimum absolute atomic E-state index is 0.00396. The van der Waals surface area contributed by atoms with E-state index in [4.69, 9.17) is 9.47 Å². The van der Waals surface area contributed by atoms with Gasteiger partial charge in [-0.1, -0.05) is 109 Å². The number of nitrogens with one attached hydrogen (secondary N) is 2. The van der Waals surface area contributed by atoms with Crippen molar-refractivity contribution in [2.24, 2.45) is 0 Å². The van der Waals surface area contributed by atoms with E-state index in [9.17, 15) is 14.7 Å². The molecule has 0 bridgehead atoms. The largest absolute Gasteiger partial charge is 0.444 e. The zero-order valence-corrected chi connectivity index (χ0v) is 26.1. The van der Waals surface area contributed by atoms with Crippen LogP contribution in [0.4, 0.5) is 9.59 Å². The molecule has 0 spiro atoms. The fourth-order valence-corrected chi connectivity index (χ4v) is 5.96. The van der Waals surface area contributed by atoms with Crippen LogP contribution in [-0.2, 0) is 22.3 Å². The molecule has 1 aliphatic rings. The van der Waals surface area contributed by atoms with E-state index >= 15 is 0 Å². The van der Waals surface area contributed by atoms with Crippen molar-refractivity contribution in [1.82, 2.24) is 10.6 Å². The van der Waals surface area contributed by atoms with Gasteiger partial charge in [-0.05, 0) is 67.0 Å². The average Bonchev–Trinajstić information content (AvgIpc) is 3.33. The second kappa shape index (κ2) is 14.4. The molecule has 4 aromatic carbocycles. The van der Waals surface area contributed by atoms with Gasteiger partial charge >= 0.3 is 12.2 Å². The summed E-state index contributed by atoms with van der Waals surface area (Å²) in [6.45, 7) is 5.77. The van der Waals surface area contributed by atoms with Crippen LogP contribution in [0, 0.1) is 0 Å². The summed E-state index contributed by atoms with van der Waals surface area (Å²) in [6.07, 6.45) is -2.14. The van der Waals surface area contributed by atoms with Crippen molar-refractivity contribution < 1.29 is 24.2 Å². The number of amides is 2. The lowest BCUT2D eigenvalue weighted by Crippen LogP contribution is -2.45. The normalized spacial score (nSPS) is 14.4. The number of carbonyl (C=O) groups is 2. The Balaban J connectivity index is 1.30. The van der Waals surface area contributed by atoms with Gasteiger partial charge in [0.2, 0.25) is 0 Å². The maximum absolute atomic E-state index is 13.3. The van der Waals surface area contributed by atoms with Crippen molar-refractivity contribution in [2.75, 3.05) is 6.54 Å². The predicted molar refractivity (Wildman–Crippen MR) is 176 cm³/mol. The van der Waals surface area contributed by atoms with E-state index in [1.807, 2.05) is 84.9 Å². The number of benzene rings is 4. The van der Waals surface area contributed by atoms with Crippen LogP contribution in [0.15, 0.2) is 109 Å². The molecule has 45 heavy (non-hydrogen) atoms. The molecule has 0 saturated carbocycles. The van der Waals surface area contributed by atoms with Gasteiger partial charge in [-0.2, -0.15) is 0 Å². The van der Waals surface area contributed by atoms with E-state index in [1.165, 1.54) is 11.1 Å². The topological polar surface area (TPSA) is 96.9 Å². The number of hydrogen-bond acceptors (Lipinski definition) is 5. The molecule has 0 fully saturated rings. The van der Waals surface area contributed by atoms with Gasteiger partial charge in [-0.25, -0.2) is 9.59 Å². The molecule has 0 saturated heterocycles. The smallest absolute Gasteiger partial charge is 0.407 e. The lowest BCUT2D eigenvalue weighted by atomic mass is 9.95. The van der Waals surface area contributed by atoms with E-state index in [2.05, 4.69) is 34.9 Å². The Morgan fingerprint density at radius 3 is 1.80 bits per heavy atom. The third kappa shape index (κ3) is 8.73. The number of carbonyl (C=O) groups excluding carboxylic acids is 2. The fourth-order valence-electron chi connectivity index (χ4n) is 5.96. The summed E-state index contributed by atoms with van der Waals surface area (Å²) in [5.41, 5.74) is 5.93. The number of ether oxygens (including phenoxy) is 2.